The van der Waals surface area contributed by atoms with Crippen molar-refractivity contribution in [2.45, 2.75) is 47.8 Å². The number of aromatic carboxylic acids is 2. The van der Waals surface area contributed by atoms with E-state index in [1.54, 1.807) is 0 Å². The van der Waals surface area contributed by atoms with Crippen molar-refractivity contribution in [3.8, 4) is 5.75 Å². The molecule has 0 bridgehead atoms. The van der Waals surface area contributed by atoms with Crippen LogP contribution >= 0.6 is 0 Å². The maximum atomic E-state index is 13.9. The van der Waals surface area contributed by atoms with Gasteiger partial charge in [0.25, 0.3) is 0 Å². The maximum Gasteiger partial charge on any atom is 2.00 e. The van der Waals surface area contributed by atoms with Gasteiger partial charge in [-0.2, -0.15) is 74.6 Å². The Balaban J connectivity index is 0.0000144. The van der Waals surface area contributed by atoms with Crippen molar-refractivity contribution < 1.29 is 99.2 Å². The molecule has 0 aromatic heterocycles. The Morgan fingerprint density at radius 3 is 1.10 bits per heavy atom. The molecule has 0 atom stereocenters. The van der Waals surface area contributed by atoms with Gasteiger partial charge in [-0.05, 0) is 12.1 Å². The topological polar surface area (TPSA) is 89.5 Å². The first-order valence-corrected chi connectivity index (χ1v) is 8.43. The van der Waals surface area contributed by atoms with E-state index >= 15 is 0 Å². The Hall–Kier alpha value is -1.97. The van der Waals surface area contributed by atoms with Crippen molar-refractivity contribution in [2.24, 2.45) is 0 Å². The number of carboxylic acid groups (broad SMARTS) is 2. The molecule has 39 heavy (non-hydrogen) atoms. The van der Waals surface area contributed by atoms with E-state index in [9.17, 15) is 94.4 Å². The Morgan fingerprint density at radius 1 is 0.538 bits per heavy atom. The number of carbonyl (C=O) groups excluding carboxylic acids is 2. The third kappa shape index (κ3) is 5.38. The molecule has 1 aromatic carbocycles. The molecule has 0 aliphatic heterocycles. The second kappa shape index (κ2) is 10.5. The minimum Gasteiger partial charge on any atom is -0.545 e. The number of alkyl halides is 17. The van der Waals surface area contributed by atoms with Gasteiger partial charge in [0.2, 0.25) is 0 Å². The van der Waals surface area contributed by atoms with Crippen LogP contribution in [0, 0.1) is 0 Å². The fourth-order valence-corrected chi connectivity index (χ4v) is 2.31. The third-order valence-corrected chi connectivity index (χ3v) is 4.38. The Bertz CT molecular complexity index is 1070. The smallest absolute Gasteiger partial charge is 0.545 e. The molecule has 218 valence electrons. The summed E-state index contributed by atoms with van der Waals surface area (Å²) in [5.41, 5.74) is -4.09. The summed E-state index contributed by atoms with van der Waals surface area (Å²) in [5, 5.41) is 21.7. The number of rotatable bonds is 10. The number of ether oxygens (including phenoxy) is 1. The van der Waals surface area contributed by atoms with Crippen LogP contribution in [0.5, 0.6) is 5.75 Å². The van der Waals surface area contributed by atoms with E-state index in [-0.39, 0.29) is 49.9 Å². The quantitative estimate of drug-likeness (QED) is 0.290. The summed E-state index contributed by atoms with van der Waals surface area (Å²) in [4.78, 5) is 21.7. The second-order valence-corrected chi connectivity index (χ2v) is 6.82. The van der Waals surface area contributed by atoms with Gasteiger partial charge in [0.1, 0.15) is 5.75 Å². The van der Waals surface area contributed by atoms with Crippen LogP contribution in [0.4, 0.5) is 74.6 Å². The minimum absolute atomic E-state index is 0. The van der Waals surface area contributed by atoms with Gasteiger partial charge in [-0.1, -0.05) is 6.07 Å². The molecule has 1 aromatic rings. The normalized spacial score (nSPS) is 14.5. The molecule has 5 nitrogen and oxygen atoms in total. The largest absolute Gasteiger partial charge is 2.00 e. The zero-order chi connectivity index (χ0) is 30.7. The van der Waals surface area contributed by atoms with Gasteiger partial charge in [-0.25, -0.2) is 0 Å². The van der Waals surface area contributed by atoms with Crippen LogP contribution in [0.3, 0.4) is 0 Å². The average molecular weight is 638 g/mol. The molecule has 0 aliphatic carbocycles. The number of hydrogen-bond donors (Lipinski definition) is 0. The molecule has 0 heterocycles. The minimum atomic E-state index is -8.90. The molecule has 0 N–H and O–H groups in total. The summed E-state index contributed by atoms with van der Waals surface area (Å²) >= 11 is 0. The predicted molar refractivity (Wildman–Crippen MR) is 82.2 cm³/mol. The number of carboxylic acids is 2. The molecule has 0 amide bonds. The Labute approximate surface area is 231 Å². The van der Waals surface area contributed by atoms with Crippen LogP contribution in [0.2, 0.25) is 0 Å². The fraction of sp³-hybridized carbons (Fsp3) is 0.500. The van der Waals surface area contributed by atoms with Crippen molar-refractivity contribution in [1.82, 2.24) is 0 Å². The number of para-hydroxylation sites is 1. The molecule has 0 aliphatic rings. The van der Waals surface area contributed by atoms with Crippen molar-refractivity contribution in [1.29, 1.82) is 0 Å². The van der Waals surface area contributed by atoms with Gasteiger partial charge < -0.3 is 24.5 Å². The van der Waals surface area contributed by atoms with E-state index in [1.165, 1.54) is 0 Å². The molecule has 0 unspecified atom stereocenters. The zero-order valence-corrected chi connectivity index (χ0v) is 19.6. The second-order valence-electron chi connectivity index (χ2n) is 6.82. The SMILES string of the molecule is O=C([O-])c1cccc(C(=O)[O-])c1OC(F)(F)C(F)(F)C(F)(F)C(F)(F)C(F)(F)C(F)(F)C(F)(F)C(F)(F)F.[Ca+2]. The zero-order valence-electron chi connectivity index (χ0n) is 17.4. The van der Waals surface area contributed by atoms with E-state index < -0.39 is 76.6 Å². The summed E-state index contributed by atoms with van der Waals surface area (Å²) < 4.78 is 228. The van der Waals surface area contributed by atoms with Gasteiger partial charge in [0.05, 0.1) is 11.9 Å². The van der Waals surface area contributed by atoms with Crippen molar-refractivity contribution in [3.63, 3.8) is 0 Å². The van der Waals surface area contributed by atoms with E-state index in [2.05, 4.69) is 4.74 Å². The first-order valence-electron chi connectivity index (χ1n) is 8.43. The van der Waals surface area contributed by atoms with Gasteiger partial charge in [0, 0.05) is 11.1 Å². The van der Waals surface area contributed by atoms with Crippen molar-refractivity contribution in [2.75, 3.05) is 0 Å². The van der Waals surface area contributed by atoms with Crippen LogP contribution < -0.4 is 14.9 Å². The van der Waals surface area contributed by atoms with Crippen molar-refractivity contribution >= 4 is 49.7 Å². The van der Waals surface area contributed by atoms with Crippen LogP contribution in [0.25, 0.3) is 0 Å². The maximum absolute atomic E-state index is 13.9. The van der Waals surface area contributed by atoms with Crippen molar-refractivity contribution in [3.05, 3.63) is 29.3 Å². The monoisotopic (exact) mass is 638 g/mol. The molecule has 1 rings (SSSR count). The van der Waals surface area contributed by atoms with Gasteiger partial charge in [-0.15, -0.1) is 0 Å². The first kappa shape index (κ1) is 37.0. The van der Waals surface area contributed by atoms with Gasteiger partial charge in [0.15, 0.2) is 0 Å². The first-order chi connectivity index (χ1) is 16.5. The van der Waals surface area contributed by atoms with Crippen LogP contribution in [0.1, 0.15) is 20.7 Å². The number of hydrogen-bond acceptors (Lipinski definition) is 5. The van der Waals surface area contributed by atoms with Crippen LogP contribution in [-0.4, -0.2) is 97.5 Å². The summed E-state index contributed by atoms with van der Waals surface area (Å²) in [6, 6.07) is 0.267. The molecular formula is C16H3CaF17O5. The Morgan fingerprint density at radius 2 is 0.821 bits per heavy atom. The van der Waals surface area contributed by atoms with Gasteiger partial charge >= 0.3 is 85.6 Å². The average Bonchev–Trinajstić information content (AvgIpc) is 2.71. The third-order valence-electron chi connectivity index (χ3n) is 4.38. The number of benzene rings is 1. The molecule has 0 fully saturated rings. The summed E-state index contributed by atoms with van der Waals surface area (Å²) in [5.74, 6) is -60.2. The molecule has 23 heteroatoms. The molecule has 0 saturated heterocycles. The van der Waals surface area contributed by atoms with Crippen LogP contribution in [0.15, 0.2) is 18.2 Å². The Kier molecular flexibility index (Phi) is 9.93. The summed E-state index contributed by atoms with van der Waals surface area (Å²) in [6.45, 7) is 0. The standard InChI is InChI=1S/C16H5F17O5.Ca/c17-9(18,11(21,22)13(25,26)15(29,30)31)10(19,20)12(23,24)14(27,28)16(32,33)38-6-4(7(34)35)2-1-3-5(6)8(36)37;/h1-3H,(H,34,35)(H,36,37);/q;+2/p-2. The van der Waals surface area contributed by atoms with E-state index in [4.69, 9.17) is 0 Å². The van der Waals surface area contributed by atoms with E-state index in [0.717, 1.165) is 0 Å². The number of carbonyl (C=O) groups is 2. The summed E-state index contributed by atoms with van der Waals surface area (Å²) in [7, 11) is 0. The van der Waals surface area contributed by atoms with E-state index in [1.807, 2.05) is 0 Å². The molecule has 0 radical (unpaired) electrons. The van der Waals surface area contributed by atoms with Gasteiger partial charge in [-0.3, -0.25) is 0 Å². The predicted octanol–water partition coefficient (Wildman–Crippen LogP) is 3.38. The molecular weight excluding hydrogens is 635 g/mol. The fourth-order valence-electron chi connectivity index (χ4n) is 2.31. The van der Waals surface area contributed by atoms with E-state index in [0.29, 0.717) is 6.07 Å². The number of halogens is 17. The summed E-state index contributed by atoms with van der Waals surface area (Å²) in [6.07, 6.45) is -15.5. The molecule has 0 spiro atoms. The van der Waals surface area contributed by atoms with Crippen LogP contribution in [-0.2, 0) is 0 Å². The molecule has 0 saturated carbocycles.